The molecule has 64 valence electrons. The van der Waals surface area contributed by atoms with Crippen molar-refractivity contribution in [2.75, 3.05) is 6.67 Å². The fraction of sp³-hybridized carbons (Fsp3) is 0.222. The average molecular weight is 167 g/mol. The second-order valence-electron chi connectivity index (χ2n) is 2.52. The second kappa shape index (κ2) is 3.85. The van der Waals surface area contributed by atoms with Crippen LogP contribution in [0.3, 0.4) is 0 Å². The molecule has 1 aromatic carbocycles. The molecular formula is C9H10FNO. The van der Waals surface area contributed by atoms with Crippen LogP contribution in [0.1, 0.15) is 11.5 Å². The number of amides is 1. The molecule has 2 nitrogen and oxygen atoms in total. The van der Waals surface area contributed by atoms with E-state index in [1.807, 2.05) is 0 Å². The van der Waals surface area contributed by atoms with Crippen LogP contribution in [0.25, 0.3) is 0 Å². The first kappa shape index (κ1) is 8.71. The molecule has 0 saturated carbocycles. The topological polar surface area (TPSA) is 43.1 Å². The van der Waals surface area contributed by atoms with Crippen molar-refractivity contribution in [1.29, 1.82) is 0 Å². The number of nitrogens with two attached hydrogens (primary N) is 1. The minimum Gasteiger partial charge on any atom is -0.369 e. The molecule has 0 bridgehead atoms. The Morgan fingerprint density at radius 3 is 2.42 bits per heavy atom. The summed E-state index contributed by atoms with van der Waals surface area (Å²) in [6.45, 7) is -0.737. The van der Waals surface area contributed by atoms with Gasteiger partial charge in [-0.15, -0.1) is 0 Å². The third-order valence-corrected chi connectivity index (χ3v) is 1.70. The van der Waals surface area contributed by atoms with E-state index < -0.39 is 18.5 Å². The molecule has 0 aliphatic rings. The molecule has 1 aromatic rings. The number of hydrogen-bond donors (Lipinski definition) is 1. The molecule has 0 spiro atoms. The molecule has 1 unspecified atom stereocenters. The highest BCUT2D eigenvalue weighted by Crippen LogP contribution is 2.14. The van der Waals surface area contributed by atoms with Crippen LogP contribution in [0.2, 0.25) is 0 Å². The minimum atomic E-state index is -0.800. The van der Waals surface area contributed by atoms with Crippen LogP contribution in [-0.4, -0.2) is 12.6 Å². The van der Waals surface area contributed by atoms with Crippen LogP contribution in [0, 0.1) is 0 Å². The first-order chi connectivity index (χ1) is 5.75. The van der Waals surface area contributed by atoms with Crippen molar-refractivity contribution in [3.05, 3.63) is 35.9 Å². The Hall–Kier alpha value is -1.38. The number of carbonyl (C=O) groups excluding carboxylic acids is 1. The molecule has 2 N–H and O–H groups in total. The zero-order valence-electron chi connectivity index (χ0n) is 6.53. The smallest absolute Gasteiger partial charge is 0.227 e. The molecular weight excluding hydrogens is 157 g/mol. The maximum atomic E-state index is 12.3. The van der Waals surface area contributed by atoms with Gasteiger partial charge in [-0.05, 0) is 5.56 Å². The predicted molar refractivity (Wildman–Crippen MR) is 44.4 cm³/mol. The predicted octanol–water partition coefficient (Wildman–Crippen LogP) is 1.22. The van der Waals surface area contributed by atoms with Gasteiger partial charge in [-0.2, -0.15) is 0 Å². The van der Waals surface area contributed by atoms with Crippen molar-refractivity contribution in [1.82, 2.24) is 0 Å². The lowest BCUT2D eigenvalue weighted by molar-refractivity contribution is -0.119. The van der Waals surface area contributed by atoms with E-state index in [4.69, 9.17) is 5.73 Å². The first-order valence-corrected chi connectivity index (χ1v) is 3.66. The summed E-state index contributed by atoms with van der Waals surface area (Å²) in [7, 11) is 0. The molecule has 0 saturated heterocycles. The van der Waals surface area contributed by atoms with Gasteiger partial charge in [-0.1, -0.05) is 30.3 Å². The van der Waals surface area contributed by atoms with Crippen molar-refractivity contribution in [2.45, 2.75) is 5.92 Å². The molecule has 0 fully saturated rings. The van der Waals surface area contributed by atoms with Crippen LogP contribution >= 0.6 is 0 Å². The lowest BCUT2D eigenvalue weighted by atomic mass is 10.0. The van der Waals surface area contributed by atoms with Crippen LogP contribution < -0.4 is 5.73 Å². The third kappa shape index (κ3) is 1.81. The van der Waals surface area contributed by atoms with E-state index in [2.05, 4.69) is 0 Å². The van der Waals surface area contributed by atoms with Crippen molar-refractivity contribution in [3.63, 3.8) is 0 Å². The number of carbonyl (C=O) groups is 1. The van der Waals surface area contributed by atoms with E-state index in [0.717, 1.165) is 0 Å². The van der Waals surface area contributed by atoms with Gasteiger partial charge in [0.15, 0.2) is 0 Å². The number of benzene rings is 1. The van der Waals surface area contributed by atoms with E-state index in [1.165, 1.54) is 0 Å². The van der Waals surface area contributed by atoms with Gasteiger partial charge >= 0.3 is 0 Å². The summed E-state index contributed by atoms with van der Waals surface area (Å²) in [6.07, 6.45) is 0. The van der Waals surface area contributed by atoms with Gasteiger partial charge in [0.05, 0.1) is 5.92 Å². The Morgan fingerprint density at radius 2 is 2.00 bits per heavy atom. The zero-order chi connectivity index (χ0) is 8.97. The van der Waals surface area contributed by atoms with Gasteiger partial charge in [-0.3, -0.25) is 4.79 Å². The molecule has 12 heavy (non-hydrogen) atoms. The van der Waals surface area contributed by atoms with Crippen LogP contribution in [0.4, 0.5) is 4.39 Å². The van der Waals surface area contributed by atoms with Crippen LogP contribution in [0.5, 0.6) is 0 Å². The molecule has 0 aliphatic carbocycles. The molecule has 0 radical (unpaired) electrons. The van der Waals surface area contributed by atoms with E-state index in [0.29, 0.717) is 5.56 Å². The standard InChI is InChI=1S/C9H10FNO/c10-6-8(9(11)12)7-4-2-1-3-5-7/h1-5,8H,6H2,(H2,11,12). The van der Waals surface area contributed by atoms with E-state index >= 15 is 0 Å². The third-order valence-electron chi connectivity index (χ3n) is 1.70. The summed E-state index contributed by atoms with van der Waals surface area (Å²) in [5, 5.41) is 0. The maximum Gasteiger partial charge on any atom is 0.227 e. The number of rotatable bonds is 3. The average Bonchev–Trinajstić information content (AvgIpc) is 2.07. The van der Waals surface area contributed by atoms with Crippen molar-refractivity contribution in [2.24, 2.45) is 5.73 Å². The summed E-state index contributed by atoms with van der Waals surface area (Å²) >= 11 is 0. The SMILES string of the molecule is NC(=O)C(CF)c1ccccc1. The highest BCUT2D eigenvalue weighted by Gasteiger charge is 2.16. The summed E-state index contributed by atoms with van der Waals surface area (Å²) in [5.74, 6) is -1.42. The molecule has 1 rings (SSSR count). The molecule has 0 aliphatic heterocycles. The highest BCUT2D eigenvalue weighted by molar-refractivity contribution is 5.82. The van der Waals surface area contributed by atoms with Gasteiger partial charge in [0.1, 0.15) is 6.67 Å². The van der Waals surface area contributed by atoms with Crippen molar-refractivity contribution >= 4 is 5.91 Å². The summed E-state index contributed by atoms with van der Waals surface area (Å²) < 4.78 is 12.3. The lowest BCUT2D eigenvalue weighted by Gasteiger charge is -2.07. The Balaban J connectivity index is 2.88. The lowest BCUT2D eigenvalue weighted by Crippen LogP contribution is -2.22. The van der Waals surface area contributed by atoms with Crippen molar-refractivity contribution < 1.29 is 9.18 Å². The number of halogens is 1. The Kier molecular flexibility index (Phi) is 2.80. The number of hydrogen-bond acceptors (Lipinski definition) is 1. The number of alkyl halides is 1. The van der Waals surface area contributed by atoms with Gasteiger partial charge in [0.2, 0.25) is 5.91 Å². The molecule has 0 aromatic heterocycles. The summed E-state index contributed by atoms with van der Waals surface area (Å²) in [6, 6.07) is 8.69. The van der Waals surface area contributed by atoms with E-state index in [1.54, 1.807) is 30.3 Å². The van der Waals surface area contributed by atoms with Gasteiger partial charge in [-0.25, -0.2) is 4.39 Å². The fourth-order valence-corrected chi connectivity index (χ4v) is 1.01. The summed E-state index contributed by atoms with van der Waals surface area (Å²) in [4.78, 5) is 10.7. The van der Waals surface area contributed by atoms with Crippen LogP contribution in [0.15, 0.2) is 30.3 Å². The molecule has 1 amide bonds. The van der Waals surface area contributed by atoms with E-state index in [9.17, 15) is 9.18 Å². The quantitative estimate of drug-likeness (QED) is 0.722. The first-order valence-electron chi connectivity index (χ1n) is 3.66. The largest absolute Gasteiger partial charge is 0.369 e. The van der Waals surface area contributed by atoms with Gasteiger partial charge < -0.3 is 5.73 Å². The Bertz CT molecular complexity index is 260. The van der Waals surface area contributed by atoms with Gasteiger partial charge in [0.25, 0.3) is 0 Å². The molecule has 3 heteroatoms. The Morgan fingerprint density at radius 1 is 1.42 bits per heavy atom. The van der Waals surface area contributed by atoms with E-state index in [-0.39, 0.29) is 0 Å². The molecule has 1 atom stereocenters. The summed E-state index contributed by atoms with van der Waals surface area (Å²) in [5.41, 5.74) is 5.63. The normalized spacial score (nSPS) is 12.4. The monoisotopic (exact) mass is 167 g/mol. The second-order valence-corrected chi connectivity index (χ2v) is 2.52. The van der Waals surface area contributed by atoms with Crippen molar-refractivity contribution in [3.8, 4) is 0 Å². The highest BCUT2D eigenvalue weighted by atomic mass is 19.1. The zero-order valence-corrected chi connectivity index (χ0v) is 6.53. The fourth-order valence-electron chi connectivity index (χ4n) is 1.01. The molecule has 0 heterocycles. The number of primary amides is 1. The van der Waals surface area contributed by atoms with Crippen LogP contribution in [-0.2, 0) is 4.79 Å². The van der Waals surface area contributed by atoms with Gasteiger partial charge in [0, 0.05) is 0 Å². The maximum absolute atomic E-state index is 12.3. The minimum absolute atomic E-state index is 0.622. The Labute approximate surface area is 70.2 Å².